The Bertz CT molecular complexity index is 942. The number of nitriles is 1. The molecule has 0 fully saturated rings. The summed E-state index contributed by atoms with van der Waals surface area (Å²) in [5, 5.41) is 21.6. The van der Waals surface area contributed by atoms with Crippen LogP contribution < -0.4 is 5.32 Å². The van der Waals surface area contributed by atoms with Gasteiger partial charge in [0.2, 0.25) is 5.13 Å². The van der Waals surface area contributed by atoms with Crippen molar-refractivity contribution in [2.75, 3.05) is 5.32 Å². The molecule has 1 aromatic heterocycles. The van der Waals surface area contributed by atoms with Gasteiger partial charge in [-0.1, -0.05) is 54.7 Å². The number of aryl methyl sites for hydroxylation is 1. The second-order valence-electron chi connectivity index (χ2n) is 5.41. The number of hydrogen-bond acceptors (Lipinski definition) is 5. The molecule has 25 heavy (non-hydrogen) atoms. The molecule has 0 saturated carbocycles. The number of hydrogen-bond donors (Lipinski definition) is 1. The SMILES string of the molecule is CCCc1nnc(NC(=O)c2ccccc2-c2ccccc2C#N)s1. The van der Waals surface area contributed by atoms with Crippen molar-refractivity contribution in [1.29, 1.82) is 5.26 Å². The van der Waals surface area contributed by atoms with E-state index in [4.69, 9.17) is 0 Å². The molecule has 0 atom stereocenters. The van der Waals surface area contributed by atoms with Crippen molar-refractivity contribution in [3.63, 3.8) is 0 Å². The Labute approximate surface area is 150 Å². The first-order valence-corrected chi connectivity index (χ1v) is 8.77. The molecule has 6 heteroatoms. The molecule has 1 amide bonds. The first kappa shape index (κ1) is 16.8. The zero-order valence-electron chi connectivity index (χ0n) is 13.7. The van der Waals surface area contributed by atoms with Crippen LogP contribution in [0.15, 0.2) is 48.5 Å². The number of amides is 1. The van der Waals surface area contributed by atoms with Crippen LogP contribution in [0.4, 0.5) is 5.13 Å². The molecule has 2 aromatic carbocycles. The zero-order chi connectivity index (χ0) is 17.6. The van der Waals surface area contributed by atoms with E-state index in [-0.39, 0.29) is 5.91 Å². The minimum atomic E-state index is -0.262. The van der Waals surface area contributed by atoms with Crippen molar-refractivity contribution in [2.24, 2.45) is 0 Å². The third-order valence-corrected chi connectivity index (χ3v) is 4.56. The van der Waals surface area contributed by atoms with E-state index in [1.807, 2.05) is 24.3 Å². The van der Waals surface area contributed by atoms with Crippen LogP contribution in [0.5, 0.6) is 0 Å². The minimum absolute atomic E-state index is 0.262. The van der Waals surface area contributed by atoms with E-state index in [1.165, 1.54) is 11.3 Å². The van der Waals surface area contributed by atoms with Gasteiger partial charge < -0.3 is 0 Å². The lowest BCUT2D eigenvalue weighted by Gasteiger charge is -2.10. The van der Waals surface area contributed by atoms with Gasteiger partial charge in [-0.3, -0.25) is 10.1 Å². The van der Waals surface area contributed by atoms with E-state index < -0.39 is 0 Å². The molecule has 0 saturated heterocycles. The molecule has 1 N–H and O–H groups in total. The Morgan fingerprint density at radius 2 is 1.84 bits per heavy atom. The van der Waals surface area contributed by atoms with E-state index >= 15 is 0 Å². The highest BCUT2D eigenvalue weighted by atomic mass is 32.1. The first-order chi connectivity index (χ1) is 12.2. The molecule has 0 radical (unpaired) electrons. The summed E-state index contributed by atoms with van der Waals surface area (Å²) >= 11 is 1.38. The van der Waals surface area contributed by atoms with Gasteiger partial charge in [0.25, 0.3) is 5.91 Å². The number of nitrogens with zero attached hydrogens (tertiary/aromatic N) is 3. The molecule has 0 spiro atoms. The highest BCUT2D eigenvalue weighted by Gasteiger charge is 2.16. The van der Waals surface area contributed by atoms with Crippen LogP contribution in [-0.4, -0.2) is 16.1 Å². The Hall–Kier alpha value is -3.04. The average molecular weight is 348 g/mol. The normalized spacial score (nSPS) is 10.2. The van der Waals surface area contributed by atoms with Crippen molar-refractivity contribution >= 4 is 22.4 Å². The van der Waals surface area contributed by atoms with Crippen molar-refractivity contribution in [1.82, 2.24) is 10.2 Å². The predicted molar refractivity (Wildman–Crippen MR) is 98.5 cm³/mol. The molecule has 124 valence electrons. The summed E-state index contributed by atoms with van der Waals surface area (Å²) in [6.45, 7) is 2.07. The number of benzene rings is 2. The van der Waals surface area contributed by atoms with E-state index in [0.29, 0.717) is 16.3 Å². The van der Waals surface area contributed by atoms with E-state index in [0.717, 1.165) is 29.0 Å². The van der Waals surface area contributed by atoms with Gasteiger partial charge in [-0.2, -0.15) is 5.26 Å². The molecular formula is C19H16N4OS. The predicted octanol–water partition coefficient (Wildman–Crippen LogP) is 4.28. The van der Waals surface area contributed by atoms with E-state index in [9.17, 15) is 10.1 Å². The van der Waals surface area contributed by atoms with Gasteiger partial charge in [0.1, 0.15) is 5.01 Å². The molecule has 0 unspecified atom stereocenters. The molecule has 0 bridgehead atoms. The number of anilines is 1. The molecule has 3 rings (SSSR count). The smallest absolute Gasteiger partial charge is 0.258 e. The van der Waals surface area contributed by atoms with Gasteiger partial charge in [0, 0.05) is 17.5 Å². The fourth-order valence-corrected chi connectivity index (χ4v) is 3.35. The lowest BCUT2D eigenvalue weighted by Crippen LogP contribution is -2.13. The second-order valence-corrected chi connectivity index (χ2v) is 6.47. The number of rotatable bonds is 5. The maximum Gasteiger partial charge on any atom is 0.258 e. The van der Waals surface area contributed by atoms with Crippen molar-refractivity contribution in [2.45, 2.75) is 19.8 Å². The monoisotopic (exact) mass is 348 g/mol. The fraction of sp³-hybridized carbons (Fsp3) is 0.158. The first-order valence-electron chi connectivity index (χ1n) is 7.95. The Kier molecular flexibility index (Phi) is 5.17. The second kappa shape index (κ2) is 7.69. The lowest BCUT2D eigenvalue weighted by molar-refractivity contribution is 0.102. The minimum Gasteiger partial charge on any atom is -0.296 e. The highest BCUT2D eigenvalue weighted by molar-refractivity contribution is 7.15. The third kappa shape index (κ3) is 3.73. The lowest BCUT2D eigenvalue weighted by atomic mass is 9.95. The molecule has 1 heterocycles. The summed E-state index contributed by atoms with van der Waals surface area (Å²) in [7, 11) is 0. The molecule has 0 aliphatic rings. The maximum absolute atomic E-state index is 12.7. The summed E-state index contributed by atoms with van der Waals surface area (Å²) in [5.41, 5.74) is 2.48. The van der Waals surface area contributed by atoms with Crippen LogP contribution in [0.25, 0.3) is 11.1 Å². The maximum atomic E-state index is 12.7. The Morgan fingerprint density at radius 3 is 2.60 bits per heavy atom. The van der Waals surface area contributed by atoms with Gasteiger partial charge in [0.15, 0.2) is 0 Å². The van der Waals surface area contributed by atoms with Crippen LogP contribution in [0, 0.1) is 11.3 Å². The number of aromatic nitrogens is 2. The quantitative estimate of drug-likeness (QED) is 0.746. The third-order valence-electron chi connectivity index (χ3n) is 3.66. The van der Waals surface area contributed by atoms with Crippen LogP contribution >= 0.6 is 11.3 Å². The largest absolute Gasteiger partial charge is 0.296 e. The fourth-order valence-electron chi connectivity index (χ4n) is 2.51. The summed E-state index contributed by atoms with van der Waals surface area (Å²) in [4.78, 5) is 12.7. The molecule has 3 aromatic rings. The van der Waals surface area contributed by atoms with Crippen LogP contribution in [0.1, 0.15) is 34.3 Å². The molecular weight excluding hydrogens is 332 g/mol. The molecule has 5 nitrogen and oxygen atoms in total. The van der Waals surface area contributed by atoms with Gasteiger partial charge >= 0.3 is 0 Å². The van der Waals surface area contributed by atoms with Gasteiger partial charge in [-0.15, -0.1) is 10.2 Å². The topological polar surface area (TPSA) is 78.7 Å². The summed E-state index contributed by atoms with van der Waals surface area (Å²) in [5.74, 6) is -0.262. The number of carbonyl (C=O) groups excluding carboxylic acids is 1. The number of nitrogens with one attached hydrogen (secondary N) is 1. The van der Waals surface area contributed by atoms with Crippen LogP contribution in [0.3, 0.4) is 0 Å². The summed E-state index contributed by atoms with van der Waals surface area (Å²) in [6.07, 6.45) is 1.83. The highest BCUT2D eigenvalue weighted by Crippen LogP contribution is 2.28. The van der Waals surface area contributed by atoms with Crippen molar-refractivity contribution < 1.29 is 4.79 Å². The van der Waals surface area contributed by atoms with Crippen molar-refractivity contribution in [3.8, 4) is 17.2 Å². The summed E-state index contributed by atoms with van der Waals surface area (Å²) < 4.78 is 0. The van der Waals surface area contributed by atoms with Crippen molar-refractivity contribution in [3.05, 3.63) is 64.7 Å². The molecule has 0 aliphatic carbocycles. The Morgan fingerprint density at radius 1 is 1.12 bits per heavy atom. The standard InChI is InChI=1S/C19H16N4OS/c1-2-7-17-22-23-19(25-17)21-18(24)16-11-6-5-10-15(16)14-9-4-3-8-13(14)12-20/h3-6,8-11H,2,7H2,1H3,(H,21,23,24). The average Bonchev–Trinajstić information content (AvgIpc) is 3.09. The van der Waals surface area contributed by atoms with E-state index in [2.05, 4.69) is 28.5 Å². The number of carbonyl (C=O) groups is 1. The summed E-state index contributed by atoms with van der Waals surface area (Å²) in [6, 6.07) is 16.7. The van der Waals surface area contributed by atoms with Crippen LogP contribution in [0.2, 0.25) is 0 Å². The van der Waals surface area contributed by atoms with E-state index in [1.54, 1.807) is 24.3 Å². The van der Waals surface area contributed by atoms with Gasteiger partial charge in [0.05, 0.1) is 11.6 Å². The zero-order valence-corrected chi connectivity index (χ0v) is 14.5. The molecule has 0 aliphatic heterocycles. The van der Waals surface area contributed by atoms with Crippen LogP contribution in [-0.2, 0) is 6.42 Å². The van der Waals surface area contributed by atoms with Gasteiger partial charge in [-0.05, 0) is 24.1 Å². The van der Waals surface area contributed by atoms with Gasteiger partial charge in [-0.25, -0.2) is 0 Å². The Balaban J connectivity index is 1.92.